The number of hydrazine groups is 1. The minimum absolute atomic E-state index is 0.155. The molecule has 0 saturated heterocycles. The highest BCUT2D eigenvalue weighted by Gasteiger charge is 2.16. The fourth-order valence-corrected chi connectivity index (χ4v) is 1.41. The summed E-state index contributed by atoms with van der Waals surface area (Å²) in [5.41, 5.74) is 5.63. The molecule has 0 fully saturated rings. The molecule has 0 spiro atoms. The minimum Gasteiger partial charge on any atom is -0.497 e. The Morgan fingerprint density at radius 3 is 2.50 bits per heavy atom. The van der Waals surface area contributed by atoms with Crippen LogP contribution in [0.2, 0.25) is 0 Å². The first-order valence-corrected chi connectivity index (χ1v) is 5.55. The van der Waals surface area contributed by atoms with Crippen LogP contribution in [0.15, 0.2) is 40.8 Å². The molecule has 1 aromatic heterocycles. The standard InChI is InChI=1S/C12H11N3O5/c1-19-9-4-2-8(3-5-9)13-14-12(16)10-6-7-11(20-10)15(17)18/h2-7,13H,1H3,(H,14,16). The van der Waals surface area contributed by atoms with Gasteiger partial charge >= 0.3 is 11.8 Å². The fourth-order valence-electron chi connectivity index (χ4n) is 1.41. The highest BCUT2D eigenvalue weighted by molar-refractivity contribution is 5.92. The zero-order chi connectivity index (χ0) is 14.5. The summed E-state index contributed by atoms with van der Waals surface area (Å²) in [5, 5.41) is 10.4. The second-order valence-corrected chi connectivity index (χ2v) is 3.70. The predicted octanol–water partition coefficient (Wildman–Crippen LogP) is 1.95. The molecular weight excluding hydrogens is 266 g/mol. The fraction of sp³-hybridized carbons (Fsp3) is 0.0833. The number of hydrogen-bond acceptors (Lipinski definition) is 6. The Kier molecular flexibility index (Phi) is 3.85. The van der Waals surface area contributed by atoms with E-state index in [1.165, 1.54) is 6.07 Å². The average molecular weight is 277 g/mol. The summed E-state index contributed by atoms with van der Waals surface area (Å²) < 4.78 is 9.76. The summed E-state index contributed by atoms with van der Waals surface area (Å²) in [6.45, 7) is 0. The van der Waals surface area contributed by atoms with E-state index in [0.29, 0.717) is 11.4 Å². The summed E-state index contributed by atoms with van der Waals surface area (Å²) in [4.78, 5) is 21.4. The van der Waals surface area contributed by atoms with Crippen LogP contribution in [0.25, 0.3) is 0 Å². The Labute approximate surface area is 113 Å². The second-order valence-electron chi connectivity index (χ2n) is 3.70. The van der Waals surface area contributed by atoms with Gasteiger partial charge in [-0.25, -0.2) is 0 Å². The van der Waals surface area contributed by atoms with Crippen molar-refractivity contribution in [3.8, 4) is 5.75 Å². The number of ether oxygens (including phenoxy) is 1. The molecule has 0 radical (unpaired) electrons. The lowest BCUT2D eigenvalue weighted by molar-refractivity contribution is -0.402. The van der Waals surface area contributed by atoms with Gasteiger partial charge in [-0.15, -0.1) is 0 Å². The third-order valence-corrected chi connectivity index (χ3v) is 2.41. The van der Waals surface area contributed by atoms with Gasteiger partial charge in [0, 0.05) is 0 Å². The Morgan fingerprint density at radius 1 is 1.25 bits per heavy atom. The number of nitrogens with zero attached hydrogens (tertiary/aromatic N) is 1. The maximum Gasteiger partial charge on any atom is 0.433 e. The van der Waals surface area contributed by atoms with Crippen LogP contribution in [0.3, 0.4) is 0 Å². The molecule has 0 unspecified atom stereocenters. The molecule has 1 aromatic carbocycles. The van der Waals surface area contributed by atoms with E-state index in [2.05, 4.69) is 10.9 Å². The Bertz CT molecular complexity index is 620. The highest BCUT2D eigenvalue weighted by atomic mass is 16.6. The molecule has 0 atom stereocenters. The second kappa shape index (κ2) is 5.74. The van der Waals surface area contributed by atoms with Crippen molar-refractivity contribution < 1.29 is 18.9 Å². The summed E-state index contributed by atoms with van der Waals surface area (Å²) in [6.07, 6.45) is 0. The van der Waals surface area contributed by atoms with Crippen LogP contribution in [-0.4, -0.2) is 17.9 Å². The van der Waals surface area contributed by atoms with E-state index in [9.17, 15) is 14.9 Å². The molecule has 0 aliphatic heterocycles. The molecule has 104 valence electrons. The van der Waals surface area contributed by atoms with Crippen LogP contribution >= 0.6 is 0 Å². The van der Waals surface area contributed by atoms with Gasteiger partial charge in [-0.3, -0.25) is 25.8 Å². The van der Waals surface area contributed by atoms with Gasteiger partial charge < -0.3 is 9.15 Å². The van der Waals surface area contributed by atoms with E-state index in [-0.39, 0.29) is 5.76 Å². The summed E-state index contributed by atoms with van der Waals surface area (Å²) >= 11 is 0. The average Bonchev–Trinajstić information content (AvgIpc) is 2.95. The Morgan fingerprint density at radius 2 is 1.95 bits per heavy atom. The number of nitro groups is 1. The number of nitrogens with one attached hydrogen (secondary N) is 2. The van der Waals surface area contributed by atoms with Gasteiger partial charge in [0.1, 0.15) is 10.7 Å². The summed E-state index contributed by atoms with van der Waals surface area (Å²) in [5.74, 6) is -0.574. The van der Waals surface area contributed by atoms with Crippen molar-refractivity contribution in [3.63, 3.8) is 0 Å². The molecule has 1 amide bonds. The van der Waals surface area contributed by atoms with Crippen molar-refractivity contribution in [1.29, 1.82) is 0 Å². The highest BCUT2D eigenvalue weighted by Crippen LogP contribution is 2.16. The zero-order valence-corrected chi connectivity index (χ0v) is 10.5. The van der Waals surface area contributed by atoms with Crippen LogP contribution in [0, 0.1) is 10.1 Å². The zero-order valence-electron chi connectivity index (χ0n) is 10.5. The first kappa shape index (κ1) is 13.4. The topological polar surface area (TPSA) is 107 Å². The Balaban J connectivity index is 1.95. The molecule has 2 rings (SSSR count). The number of amides is 1. The molecular formula is C12H11N3O5. The maximum atomic E-state index is 11.7. The number of anilines is 1. The smallest absolute Gasteiger partial charge is 0.433 e. The largest absolute Gasteiger partial charge is 0.497 e. The van der Waals surface area contributed by atoms with Crippen molar-refractivity contribution in [2.75, 3.05) is 12.5 Å². The van der Waals surface area contributed by atoms with Crippen molar-refractivity contribution >= 4 is 17.5 Å². The number of furan rings is 1. The molecule has 8 heteroatoms. The number of carbonyl (C=O) groups excluding carboxylic acids is 1. The molecule has 2 N–H and O–H groups in total. The van der Waals surface area contributed by atoms with Gasteiger partial charge in [-0.2, -0.15) is 0 Å². The molecule has 0 aliphatic rings. The summed E-state index contributed by atoms with van der Waals surface area (Å²) in [7, 11) is 1.55. The first-order valence-electron chi connectivity index (χ1n) is 5.55. The van der Waals surface area contributed by atoms with Crippen LogP contribution in [0.1, 0.15) is 10.6 Å². The molecule has 20 heavy (non-hydrogen) atoms. The number of benzene rings is 1. The van der Waals surface area contributed by atoms with Crippen molar-refractivity contribution in [1.82, 2.24) is 5.43 Å². The molecule has 8 nitrogen and oxygen atoms in total. The van der Waals surface area contributed by atoms with Gasteiger partial charge in [-0.05, 0) is 30.3 Å². The van der Waals surface area contributed by atoms with Gasteiger partial charge in [0.05, 0.1) is 18.9 Å². The van der Waals surface area contributed by atoms with Gasteiger partial charge in [0.2, 0.25) is 5.76 Å². The van der Waals surface area contributed by atoms with Gasteiger partial charge in [0.15, 0.2) is 0 Å². The number of methoxy groups -OCH3 is 1. The summed E-state index contributed by atoms with van der Waals surface area (Å²) in [6, 6.07) is 9.16. The van der Waals surface area contributed by atoms with Gasteiger partial charge in [0.25, 0.3) is 0 Å². The van der Waals surface area contributed by atoms with Crippen LogP contribution in [0.4, 0.5) is 11.6 Å². The van der Waals surface area contributed by atoms with Crippen molar-refractivity contribution in [3.05, 3.63) is 52.3 Å². The molecule has 0 aliphatic carbocycles. The van der Waals surface area contributed by atoms with Gasteiger partial charge in [-0.1, -0.05) is 0 Å². The lowest BCUT2D eigenvalue weighted by atomic mass is 10.3. The van der Waals surface area contributed by atoms with E-state index in [1.54, 1.807) is 31.4 Å². The third-order valence-electron chi connectivity index (χ3n) is 2.41. The first-order chi connectivity index (χ1) is 9.60. The molecule has 0 saturated carbocycles. The maximum absolute atomic E-state index is 11.7. The van der Waals surface area contributed by atoms with E-state index < -0.39 is 16.7 Å². The monoisotopic (exact) mass is 277 g/mol. The van der Waals surface area contributed by atoms with Crippen molar-refractivity contribution in [2.24, 2.45) is 0 Å². The lowest BCUT2D eigenvalue weighted by Gasteiger charge is -2.07. The number of hydrogen-bond donors (Lipinski definition) is 2. The van der Waals surface area contributed by atoms with Crippen LogP contribution in [-0.2, 0) is 0 Å². The molecule has 0 bridgehead atoms. The minimum atomic E-state index is -0.715. The van der Waals surface area contributed by atoms with E-state index in [4.69, 9.17) is 9.15 Å². The Hall–Kier alpha value is -3.03. The van der Waals surface area contributed by atoms with E-state index >= 15 is 0 Å². The quantitative estimate of drug-likeness (QED) is 0.639. The number of carbonyl (C=O) groups is 1. The SMILES string of the molecule is COc1ccc(NNC(=O)c2ccc([N+](=O)[O-])o2)cc1. The predicted molar refractivity (Wildman–Crippen MR) is 69.4 cm³/mol. The van der Waals surface area contributed by atoms with E-state index in [1.807, 2.05) is 0 Å². The molecule has 1 heterocycles. The lowest BCUT2D eigenvalue weighted by Crippen LogP contribution is -2.28. The molecule has 2 aromatic rings. The van der Waals surface area contributed by atoms with Crippen molar-refractivity contribution in [2.45, 2.75) is 0 Å². The number of rotatable bonds is 5. The third kappa shape index (κ3) is 3.05. The normalized spacial score (nSPS) is 9.85. The van der Waals surface area contributed by atoms with E-state index in [0.717, 1.165) is 6.07 Å². The van der Waals surface area contributed by atoms with Crippen LogP contribution in [0.5, 0.6) is 5.75 Å². The van der Waals surface area contributed by atoms with Crippen LogP contribution < -0.4 is 15.6 Å².